The Morgan fingerprint density at radius 2 is 2.11 bits per heavy atom. The van der Waals surface area contributed by atoms with Gasteiger partial charge in [-0.25, -0.2) is 0 Å². The molecular weight excluding hydrogens is 286 g/mol. The number of thioether (sulfide) groups is 1. The van der Waals surface area contributed by atoms with Crippen molar-refractivity contribution in [2.75, 3.05) is 5.75 Å². The van der Waals surface area contributed by atoms with Crippen LogP contribution in [-0.4, -0.2) is 28.0 Å². The number of amides is 1. The van der Waals surface area contributed by atoms with Gasteiger partial charge >= 0.3 is 5.97 Å². The van der Waals surface area contributed by atoms with Crippen molar-refractivity contribution in [2.24, 2.45) is 0 Å². The van der Waals surface area contributed by atoms with Crippen LogP contribution < -0.4 is 5.32 Å². The van der Waals surface area contributed by atoms with Crippen LogP contribution in [0.1, 0.15) is 18.9 Å². The van der Waals surface area contributed by atoms with Crippen molar-refractivity contribution in [1.82, 2.24) is 5.32 Å². The van der Waals surface area contributed by atoms with E-state index in [1.54, 1.807) is 13.0 Å². The van der Waals surface area contributed by atoms with Gasteiger partial charge in [-0.15, -0.1) is 11.8 Å². The molecular formula is C13H16ClNO3S. The number of carboxylic acids is 1. The Balaban J connectivity index is 2.36. The summed E-state index contributed by atoms with van der Waals surface area (Å²) in [5.74, 6) is -0.939. The van der Waals surface area contributed by atoms with E-state index in [0.29, 0.717) is 18.0 Å². The van der Waals surface area contributed by atoms with Crippen LogP contribution in [0, 0.1) is 0 Å². The Labute approximate surface area is 121 Å². The number of aliphatic carboxylic acids is 1. The smallest absolute Gasteiger partial charge is 0.316 e. The zero-order chi connectivity index (χ0) is 14.3. The van der Waals surface area contributed by atoms with E-state index in [2.05, 4.69) is 5.32 Å². The summed E-state index contributed by atoms with van der Waals surface area (Å²) in [4.78, 5) is 22.4. The van der Waals surface area contributed by atoms with Gasteiger partial charge in [0.25, 0.3) is 0 Å². The molecule has 0 saturated carbocycles. The maximum atomic E-state index is 11.6. The minimum atomic E-state index is -0.883. The molecule has 0 aromatic heterocycles. The number of carbonyl (C=O) groups excluding carboxylic acids is 1. The monoisotopic (exact) mass is 301 g/mol. The Morgan fingerprint density at radius 1 is 1.42 bits per heavy atom. The van der Waals surface area contributed by atoms with Gasteiger partial charge in [-0.2, -0.15) is 0 Å². The third-order valence-corrected chi connectivity index (χ3v) is 4.23. The van der Waals surface area contributed by atoms with E-state index in [-0.39, 0.29) is 11.7 Å². The summed E-state index contributed by atoms with van der Waals surface area (Å²) in [5.41, 5.74) is 0.841. The normalized spacial score (nSPS) is 11.9. The molecule has 1 unspecified atom stereocenters. The van der Waals surface area contributed by atoms with Gasteiger partial charge in [0.2, 0.25) is 5.91 Å². The molecule has 0 aliphatic carbocycles. The van der Waals surface area contributed by atoms with Gasteiger partial charge in [0, 0.05) is 11.6 Å². The zero-order valence-corrected chi connectivity index (χ0v) is 12.1. The fraction of sp³-hybridized carbons (Fsp3) is 0.385. The Hall–Kier alpha value is -1.20. The van der Waals surface area contributed by atoms with Crippen LogP contribution in [0.2, 0.25) is 5.02 Å². The molecule has 0 heterocycles. The van der Waals surface area contributed by atoms with Crippen LogP contribution in [0.25, 0.3) is 0 Å². The second-order valence-electron chi connectivity index (χ2n) is 3.91. The van der Waals surface area contributed by atoms with Crippen molar-refractivity contribution in [3.8, 4) is 0 Å². The SMILES string of the molecule is CCC(SCC(=O)NCc1ccccc1Cl)C(=O)O. The van der Waals surface area contributed by atoms with Gasteiger partial charge in [-0.1, -0.05) is 36.7 Å². The maximum Gasteiger partial charge on any atom is 0.316 e. The van der Waals surface area contributed by atoms with Crippen molar-refractivity contribution in [2.45, 2.75) is 25.1 Å². The summed E-state index contributed by atoms with van der Waals surface area (Å²) in [6, 6.07) is 7.26. The van der Waals surface area contributed by atoms with Crippen LogP contribution >= 0.6 is 23.4 Å². The Kier molecular flexibility index (Phi) is 6.73. The number of benzene rings is 1. The summed E-state index contributed by atoms with van der Waals surface area (Å²) in [7, 11) is 0. The van der Waals surface area contributed by atoms with Crippen LogP contribution in [0.5, 0.6) is 0 Å². The zero-order valence-electron chi connectivity index (χ0n) is 10.6. The van der Waals surface area contributed by atoms with Gasteiger partial charge in [0.15, 0.2) is 0 Å². The van der Waals surface area contributed by atoms with Crippen LogP contribution in [0.15, 0.2) is 24.3 Å². The molecule has 1 atom stereocenters. The first-order valence-corrected chi connectivity index (χ1v) is 7.31. The summed E-state index contributed by atoms with van der Waals surface area (Å²) in [6.07, 6.45) is 0.498. The molecule has 6 heteroatoms. The fourth-order valence-electron chi connectivity index (χ4n) is 1.43. The van der Waals surface area contributed by atoms with Gasteiger partial charge in [-0.3, -0.25) is 9.59 Å². The highest BCUT2D eigenvalue weighted by Crippen LogP contribution is 2.16. The number of carboxylic acid groups (broad SMARTS) is 1. The van der Waals surface area contributed by atoms with E-state index in [1.165, 1.54) is 0 Å². The van der Waals surface area contributed by atoms with Gasteiger partial charge < -0.3 is 10.4 Å². The predicted octanol–water partition coefficient (Wildman–Crippen LogP) is 2.55. The van der Waals surface area contributed by atoms with Crippen molar-refractivity contribution >= 4 is 35.2 Å². The van der Waals surface area contributed by atoms with Gasteiger partial charge in [0.05, 0.1) is 5.75 Å². The molecule has 0 saturated heterocycles. The lowest BCUT2D eigenvalue weighted by atomic mass is 10.2. The molecule has 19 heavy (non-hydrogen) atoms. The summed E-state index contributed by atoms with van der Waals surface area (Å²) in [5, 5.41) is 11.6. The highest BCUT2D eigenvalue weighted by atomic mass is 35.5. The van der Waals surface area contributed by atoms with E-state index >= 15 is 0 Å². The summed E-state index contributed by atoms with van der Waals surface area (Å²) >= 11 is 7.10. The van der Waals surface area contributed by atoms with Crippen molar-refractivity contribution < 1.29 is 14.7 Å². The van der Waals surface area contributed by atoms with E-state index in [0.717, 1.165) is 17.3 Å². The van der Waals surface area contributed by atoms with Crippen molar-refractivity contribution in [3.05, 3.63) is 34.9 Å². The molecule has 4 nitrogen and oxygen atoms in total. The minimum absolute atomic E-state index is 0.134. The molecule has 1 rings (SSSR count). The van der Waals surface area contributed by atoms with E-state index < -0.39 is 11.2 Å². The number of rotatable bonds is 7. The molecule has 0 fully saturated rings. The Morgan fingerprint density at radius 3 is 2.68 bits per heavy atom. The van der Waals surface area contributed by atoms with Crippen LogP contribution in [0.3, 0.4) is 0 Å². The lowest BCUT2D eigenvalue weighted by Crippen LogP contribution is -2.27. The lowest BCUT2D eigenvalue weighted by molar-refractivity contribution is -0.136. The average Bonchev–Trinajstić information content (AvgIpc) is 2.38. The van der Waals surface area contributed by atoms with Crippen molar-refractivity contribution in [3.63, 3.8) is 0 Å². The largest absolute Gasteiger partial charge is 0.480 e. The minimum Gasteiger partial charge on any atom is -0.480 e. The first-order valence-electron chi connectivity index (χ1n) is 5.89. The Bertz CT molecular complexity index is 453. The third-order valence-electron chi connectivity index (χ3n) is 2.50. The third kappa shape index (κ3) is 5.53. The molecule has 2 N–H and O–H groups in total. The highest BCUT2D eigenvalue weighted by molar-refractivity contribution is 8.01. The lowest BCUT2D eigenvalue weighted by Gasteiger charge is -2.10. The number of nitrogens with one attached hydrogen (secondary N) is 1. The van der Waals surface area contributed by atoms with Crippen LogP contribution in [-0.2, 0) is 16.1 Å². The van der Waals surface area contributed by atoms with Gasteiger partial charge in [-0.05, 0) is 18.1 Å². The highest BCUT2D eigenvalue weighted by Gasteiger charge is 2.16. The topological polar surface area (TPSA) is 66.4 Å². The van der Waals surface area contributed by atoms with Crippen LogP contribution in [0.4, 0.5) is 0 Å². The van der Waals surface area contributed by atoms with Crippen molar-refractivity contribution in [1.29, 1.82) is 0 Å². The van der Waals surface area contributed by atoms with E-state index in [4.69, 9.17) is 16.7 Å². The number of hydrogen-bond acceptors (Lipinski definition) is 3. The molecule has 1 amide bonds. The molecule has 0 aliphatic heterocycles. The summed E-state index contributed by atoms with van der Waals surface area (Å²) in [6.45, 7) is 2.14. The van der Waals surface area contributed by atoms with E-state index in [1.807, 2.05) is 18.2 Å². The second kappa shape index (κ2) is 8.07. The molecule has 0 aliphatic rings. The quantitative estimate of drug-likeness (QED) is 0.812. The molecule has 1 aromatic carbocycles. The first kappa shape index (κ1) is 15.9. The fourth-order valence-corrected chi connectivity index (χ4v) is 2.46. The maximum absolute atomic E-state index is 11.6. The molecule has 104 valence electrons. The second-order valence-corrected chi connectivity index (χ2v) is 5.51. The van der Waals surface area contributed by atoms with Gasteiger partial charge in [0.1, 0.15) is 5.25 Å². The predicted molar refractivity (Wildman–Crippen MR) is 77.5 cm³/mol. The van der Waals surface area contributed by atoms with E-state index in [9.17, 15) is 9.59 Å². The first-order chi connectivity index (χ1) is 9.04. The molecule has 0 bridgehead atoms. The number of halogens is 1. The number of hydrogen-bond donors (Lipinski definition) is 2. The number of carbonyl (C=O) groups is 2. The average molecular weight is 302 g/mol. The molecule has 1 aromatic rings. The standard InChI is InChI=1S/C13H16ClNO3S/c1-2-11(13(17)18)19-8-12(16)15-7-9-5-3-4-6-10(9)14/h3-6,11H,2,7-8H2,1H3,(H,15,16)(H,17,18). The molecule has 0 radical (unpaired) electrons. The summed E-state index contributed by atoms with van der Waals surface area (Å²) < 4.78 is 0. The molecule has 0 spiro atoms.